The molecule has 0 aliphatic heterocycles. The zero-order valence-corrected chi connectivity index (χ0v) is 24.4. The van der Waals surface area contributed by atoms with Gasteiger partial charge in [0.25, 0.3) is 0 Å². The Bertz CT molecular complexity index is 2100. The van der Waals surface area contributed by atoms with Gasteiger partial charge in [-0.2, -0.15) is 0 Å². The minimum Gasteiger partial charge on any atom is -0.399 e. The summed E-state index contributed by atoms with van der Waals surface area (Å²) in [7, 11) is 1.77. The first kappa shape index (κ1) is 27.8. The molecule has 0 heterocycles. The highest BCUT2D eigenvalue weighted by atomic mass is 16.1. The van der Waals surface area contributed by atoms with Gasteiger partial charge in [-0.15, -0.1) is 0 Å². The van der Waals surface area contributed by atoms with Gasteiger partial charge in [-0.3, -0.25) is 19.2 Å². The van der Waals surface area contributed by atoms with Gasteiger partial charge in [-0.05, 0) is 83.9 Å². The van der Waals surface area contributed by atoms with Crippen LogP contribution >= 0.6 is 0 Å². The first-order valence-corrected chi connectivity index (χ1v) is 14.5. The van der Waals surface area contributed by atoms with Crippen molar-refractivity contribution in [1.82, 2.24) is 0 Å². The molecular formula is C37H28N4O4. The molecule has 0 saturated carbocycles. The molecule has 2 aliphatic rings. The minimum atomic E-state index is -0.207. The average molecular weight is 593 g/mol. The van der Waals surface area contributed by atoms with Crippen LogP contribution in [0, 0.1) is 0 Å². The Kier molecular flexibility index (Phi) is 6.74. The Morgan fingerprint density at radius 3 is 1.33 bits per heavy atom. The van der Waals surface area contributed by atoms with Gasteiger partial charge < -0.3 is 21.7 Å². The van der Waals surface area contributed by atoms with Gasteiger partial charge in [-0.25, -0.2) is 0 Å². The molecule has 220 valence electrons. The lowest BCUT2D eigenvalue weighted by atomic mass is 9.83. The number of fused-ring (bicyclic) bond motifs is 4. The molecular weight excluding hydrogens is 564 g/mol. The Morgan fingerprint density at radius 1 is 0.467 bits per heavy atom. The molecule has 8 heteroatoms. The molecule has 2 aliphatic carbocycles. The van der Waals surface area contributed by atoms with E-state index in [9.17, 15) is 19.2 Å². The monoisotopic (exact) mass is 592 g/mol. The summed E-state index contributed by atoms with van der Waals surface area (Å²) in [5.74, 6) is -0.729. The summed E-state index contributed by atoms with van der Waals surface area (Å²) in [4.78, 5) is 52.5. The third kappa shape index (κ3) is 4.92. The fourth-order valence-electron chi connectivity index (χ4n) is 5.95. The number of nitrogens with one attached hydrogen (secondary N) is 3. The van der Waals surface area contributed by atoms with E-state index in [-0.39, 0.29) is 23.1 Å². The number of carbonyl (C=O) groups is 4. The maximum atomic E-state index is 13.2. The Hall–Kier alpha value is -6.02. The predicted octanol–water partition coefficient (Wildman–Crippen LogP) is 6.09. The third-order valence-corrected chi connectivity index (χ3v) is 8.33. The van der Waals surface area contributed by atoms with E-state index >= 15 is 0 Å². The van der Waals surface area contributed by atoms with E-state index < -0.39 is 0 Å². The van der Waals surface area contributed by atoms with Crippen LogP contribution in [0.25, 0.3) is 0 Å². The van der Waals surface area contributed by atoms with Crippen molar-refractivity contribution in [2.45, 2.75) is 13.1 Å². The zero-order chi connectivity index (χ0) is 31.2. The van der Waals surface area contributed by atoms with E-state index in [0.717, 1.165) is 28.2 Å². The number of benzene rings is 5. The number of hydrogen-bond donors (Lipinski definition) is 4. The van der Waals surface area contributed by atoms with Crippen molar-refractivity contribution in [1.29, 1.82) is 0 Å². The van der Waals surface area contributed by atoms with Crippen LogP contribution in [0.4, 0.5) is 22.7 Å². The summed E-state index contributed by atoms with van der Waals surface area (Å²) in [5, 5.41) is 9.75. The van der Waals surface area contributed by atoms with E-state index in [1.807, 2.05) is 24.3 Å². The second kappa shape index (κ2) is 10.9. The molecule has 45 heavy (non-hydrogen) atoms. The molecule has 0 aromatic heterocycles. The second-order valence-electron chi connectivity index (χ2n) is 11.2. The number of carbonyl (C=O) groups excluding carboxylic acids is 4. The molecule has 8 nitrogen and oxygen atoms in total. The smallest absolute Gasteiger partial charge is 0.194 e. The van der Waals surface area contributed by atoms with Crippen molar-refractivity contribution in [3.05, 3.63) is 153 Å². The highest BCUT2D eigenvalue weighted by Gasteiger charge is 2.31. The van der Waals surface area contributed by atoms with Gasteiger partial charge in [0.1, 0.15) is 0 Å². The van der Waals surface area contributed by atoms with Crippen molar-refractivity contribution in [2.24, 2.45) is 0 Å². The Balaban J connectivity index is 1.03. The van der Waals surface area contributed by atoms with E-state index in [2.05, 4.69) is 22.0 Å². The molecule has 5 aromatic rings. The SMILES string of the molecule is CNc1ccc2c(c1)C(=O)c1ccc(NCc3cccc(CNc4ccc5c(c4)C(=O)c4ccc(N)cc4C5=O)c3)cc1C2=O. The second-order valence-corrected chi connectivity index (χ2v) is 11.2. The fraction of sp³-hybridized carbons (Fsp3) is 0.0811. The van der Waals surface area contributed by atoms with Crippen LogP contribution in [0.5, 0.6) is 0 Å². The molecule has 0 fully saturated rings. The van der Waals surface area contributed by atoms with Crippen molar-refractivity contribution < 1.29 is 19.2 Å². The molecule has 0 atom stereocenters. The van der Waals surface area contributed by atoms with Gasteiger partial charge in [-0.1, -0.05) is 24.3 Å². The molecule has 7 rings (SSSR count). The van der Waals surface area contributed by atoms with Crippen LogP contribution in [-0.2, 0) is 13.1 Å². The van der Waals surface area contributed by atoms with E-state index in [1.165, 1.54) is 0 Å². The van der Waals surface area contributed by atoms with Crippen LogP contribution in [-0.4, -0.2) is 30.2 Å². The van der Waals surface area contributed by atoms with E-state index in [0.29, 0.717) is 63.3 Å². The molecule has 5 N–H and O–H groups in total. The molecule has 0 spiro atoms. The summed E-state index contributed by atoms with van der Waals surface area (Å²) >= 11 is 0. The first-order valence-electron chi connectivity index (χ1n) is 14.5. The van der Waals surface area contributed by atoms with E-state index in [1.54, 1.807) is 73.8 Å². The van der Waals surface area contributed by atoms with Crippen LogP contribution in [0.3, 0.4) is 0 Å². The Morgan fingerprint density at radius 2 is 0.867 bits per heavy atom. The number of hydrogen-bond acceptors (Lipinski definition) is 8. The molecule has 0 bridgehead atoms. The zero-order valence-electron chi connectivity index (χ0n) is 24.4. The third-order valence-electron chi connectivity index (χ3n) is 8.33. The number of ketones is 4. The largest absolute Gasteiger partial charge is 0.399 e. The number of nitrogen functional groups attached to an aromatic ring is 1. The number of rotatable bonds is 7. The van der Waals surface area contributed by atoms with Crippen LogP contribution in [0.2, 0.25) is 0 Å². The van der Waals surface area contributed by atoms with Gasteiger partial charge in [0.2, 0.25) is 0 Å². The van der Waals surface area contributed by atoms with Crippen molar-refractivity contribution in [3.63, 3.8) is 0 Å². The molecule has 0 radical (unpaired) electrons. The predicted molar refractivity (Wildman–Crippen MR) is 175 cm³/mol. The quantitative estimate of drug-likeness (QED) is 0.164. The maximum Gasteiger partial charge on any atom is 0.194 e. The normalized spacial score (nSPS) is 13.0. The highest BCUT2D eigenvalue weighted by molar-refractivity contribution is 6.29. The number of anilines is 4. The molecule has 5 aromatic carbocycles. The minimum absolute atomic E-state index is 0.159. The summed E-state index contributed by atoms with van der Waals surface area (Å²) in [6.07, 6.45) is 0. The van der Waals surface area contributed by atoms with Crippen LogP contribution < -0.4 is 21.7 Å². The van der Waals surface area contributed by atoms with Gasteiger partial charge >= 0.3 is 0 Å². The van der Waals surface area contributed by atoms with Crippen LogP contribution in [0.1, 0.15) is 74.8 Å². The van der Waals surface area contributed by atoms with Crippen LogP contribution in [0.15, 0.2) is 97.1 Å². The standard InChI is InChI=1S/C37H28N4O4/c1-39-23-6-10-27-31(15-23)36(44)29-12-8-25(17-33(29)37(27)45)41-19-21-4-2-3-20(13-21)18-40-24-7-11-28-32(16-24)35(43)26-9-5-22(38)14-30(26)34(28)42/h2-17,39-41H,18-19,38H2,1H3. The summed E-state index contributed by atoms with van der Waals surface area (Å²) < 4.78 is 0. The average Bonchev–Trinajstić information content (AvgIpc) is 3.07. The maximum absolute atomic E-state index is 13.2. The fourth-order valence-corrected chi connectivity index (χ4v) is 5.95. The lowest BCUT2D eigenvalue weighted by Crippen LogP contribution is -2.21. The first-order chi connectivity index (χ1) is 21.8. The van der Waals surface area contributed by atoms with E-state index in [4.69, 9.17) is 5.73 Å². The molecule has 0 amide bonds. The summed E-state index contributed by atoms with van der Waals surface area (Å²) in [5.41, 5.74) is 13.7. The molecule has 0 saturated heterocycles. The summed E-state index contributed by atoms with van der Waals surface area (Å²) in [6, 6.07) is 28.5. The Labute approximate surface area is 259 Å². The number of nitrogens with two attached hydrogens (primary N) is 1. The lowest BCUT2D eigenvalue weighted by molar-refractivity contribution is 0.0979. The highest BCUT2D eigenvalue weighted by Crippen LogP contribution is 2.32. The van der Waals surface area contributed by atoms with Gasteiger partial charge in [0.15, 0.2) is 23.1 Å². The molecule has 0 unspecified atom stereocenters. The van der Waals surface area contributed by atoms with Crippen molar-refractivity contribution in [2.75, 3.05) is 28.7 Å². The summed E-state index contributed by atoms with van der Waals surface area (Å²) in [6.45, 7) is 1.02. The van der Waals surface area contributed by atoms with Gasteiger partial charge in [0, 0.05) is 87.4 Å². The lowest BCUT2D eigenvalue weighted by Gasteiger charge is -2.19. The van der Waals surface area contributed by atoms with Crippen molar-refractivity contribution in [3.8, 4) is 0 Å². The van der Waals surface area contributed by atoms with Crippen molar-refractivity contribution >= 4 is 45.9 Å². The topological polar surface area (TPSA) is 130 Å². The van der Waals surface area contributed by atoms with Gasteiger partial charge in [0.05, 0.1) is 0 Å².